The quantitative estimate of drug-likeness (QED) is 0.587. The maximum atomic E-state index is 11.8. The van der Waals surface area contributed by atoms with E-state index in [9.17, 15) is 4.79 Å². The summed E-state index contributed by atoms with van der Waals surface area (Å²) in [4.78, 5) is 23.8. The zero-order valence-corrected chi connectivity index (χ0v) is 16.5. The maximum absolute atomic E-state index is 11.8. The number of halogens is 1. The number of rotatable bonds is 6. The molecule has 0 unspecified atom stereocenters. The van der Waals surface area contributed by atoms with E-state index in [0.717, 1.165) is 26.4 Å². The van der Waals surface area contributed by atoms with Crippen LogP contribution in [0.15, 0.2) is 69.0 Å². The molecule has 26 heavy (non-hydrogen) atoms. The van der Waals surface area contributed by atoms with Gasteiger partial charge in [0, 0.05) is 26.0 Å². The summed E-state index contributed by atoms with van der Waals surface area (Å²) in [6, 6.07) is 15.8. The number of carbonyl (C=O) groups is 1. The molecule has 0 spiro atoms. The molecule has 5 nitrogen and oxygen atoms in total. The molecule has 1 heterocycles. The average Bonchev–Trinajstić information content (AvgIpc) is 2.64. The molecule has 3 rings (SSSR count). The summed E-state index contributed by atoms with van der Waals surface area (Å²) in [6.45, 7) is 2.09. The van der Waals surface area contributed by atoms with E-state index in [-0.39, 0.29) is 0 Å². The number of para-hydroxylation sites is 1. The standard InChI is InChI=1S/C19H17BrN4OS/c1-13-22-10-14(19(21)23-13)11-24(12-25)17-4-2-3-5-18(17)26-16-8-6-15(20)7-9-16/h2-10,12H,11H2,1H3,(H2,21,22,23). The van der Waals surface area contributed by atoms with Gasteiger partial charge in [0.05, 0.1) is 12.2 Å². The van der Waals surface area contributed by atoms with Gasteiger partial charge in [-0.3, -0.25) is 4.79 Å². The van der Waals surface area contributed by atoms with Crippen LogP contribution in [0.3, 0.4) is 0 Å². The number of aryl methyl sites for hydroxylation is 1. The number of amides is 1. The number of anilines is 2. The minimum absolute atomic E-state index is 0.313. The summed E-state index contributed by atoms with van der Waals surface area (Å²) in [5, 5.41) is 0. The maximum Gasteiger partial charge on any atom is 0.214 e. The van der Waals surface area contributed by atoms with Crippen LogP contribution < -0.4 is 10.6 Å². The first-order valence-corrected chi connectivity index (χ1v) is 9.50. The topological polar surface area (TPSA) is 72.1 Å². The van der Waals surface area contributed by atoms with Crippen LogP contribution in [0.2, 0.25) is 0 Å². The molecule has 3 aromatic rings. The fraction of sp³-hybridized carbons (Fsp3) is 0.105. The number of nitrogens with two attached hydrogens (primary N) is 1. The van der Waals surface area contributed by atoms with Gasteiger partial charge in [0.2, 0.25) is 6.41 Å². The van der Waals surface area contributed by atoms with Crippen LogP contribution in [0.4, 0.5) is 11.5 Å². The number of hydrogen-bond acceptors (Lipinski definition) is 5. The monoisotopic (exact) mass is 428 g/mol. The summed E-state index contributed by atoms with van der Waals surface area (Å²) >= 11 is 5.04. The minimum Gasteiger partial charge on any atom is -0.383 e. The molecule has 2 N–H and O–H groups in total. The smallest absolute Gasteiger partial charge is 0.214 e. The van der Waals surface area contributed by atoms with Crippen LogP contribution in [-0.2, 0) is 11.3 Å². The molecular weight excluding hydrogens is 412 g/mol. The molecule has 0 aliphatic carbocycles. The van der Waals surface area contributed by atoms with E-state index >= 15 is 0 Å². The van der Waals surface area contributed by atoms with E-state index in [4.69, 9.17) is 5.73 Å². The first kappa shape index (κ1) is 18.4. The Morgan fingerprint density at radius 2 is 1.92 bits per heavy atom. The van der Waals surface area contributed by atoms with Crippen LogP contribution in [0.1, 0.15) is 11.4 Å². The van der Waals surface area contributed by atoms with Crippen molar-refractivity contribution in [2.75, 3.05) is 10.6 Å². The van der Waals surface area contributed by atoms with Gasteiger partial charge in [-0.25, -0.2) is 9.97 Å². The Hall–Kier alpha value is -2.38. The number of aromatic nitrogens is 2. The SMILES string of the molecule is Cc1ncc(CN(C=O)c2ccccc2Sc2ccc(Br)cc2)c(N)n1. The van der Waals surface area contributed by atoms with Gasteiger partial charge in [0.1, 0.15) is 11.6 Å². The van der Waals surface area contributed by atoms with E-state index in [1.54, 1.807) is 29.8 Å². The Balaban J connectivity index is 1.88. The molecule has 0 fully saturated rings. The Morgan fingerprint density at radius 3 is 2.62 bits per heavy atom. The van der Waals surface area contributed by atoms with Crippen molar-refractivity contribution in [2.45, 2.75) is 23.3 Å². The largest absolute Gasteiger partial charge is 0.383 e. The second-order valence-electron chi connectivity index (χ2n) is 5.58. The Kier molecular flexibility index (Phi) is 5.90. The molecule has 7 heteroatoms. The Labute approximate surface area is 164 Å². The molecule has 0 aliphatic heterocycles. The van der Waals surface area contributed by atoms with Gasteiger partial charge in [0.25, 0.3) is 0 Å². The van der Waals surface area contributed by atoms with Crippen molar-refractivity contribution < 1.29 is 4.79 Å². The molecule has 1 aromatic heterocycles. The molecule has 132 valence electrons. The van der Waals surface area contributed by atoms with Crippen LogP contribution in [0.5, 0.6) is 0 Å². The summed E-state index contributed by atoms with van der Waals surface area (Å²) in [5.74, 6) is 0.998. The van der Waals surface area contributed by atoms with Crippen LogP contribution >= 0.6 is 27.7 Å². The molecule has 1 amide bonds. The third-order valence-corrected chi connectivity index (χ3v) is 5.30. The molecule has 0 saturated heterocycles. The molecule has 2 aromatic carbocycles. The minimum atomic E-state index is 0.313. The summed E-state index contributed by atoms with van der Waals surface area (Å²) < 4.78 is 1.03. The first-order valence-electron chi connectivity index (χ1n) is 7.89. The average molecular weight is 429 g/mol. The Bertz CT molecular complexity index is 918. The van der Waals surface area contributed by atoms with Crippen molar-refractivity contribution in [2.24, 2.45) is 0 Å². The molecular formula is C19H17BrN4OS. The highest BCUT2D eigenvalue weighted by Crippen LogP contribution is 2.36. The highest BCUT2D eigenvalue weighted by atomic mass is 79.9. The number of hydrogen-bond donors (Lipinski definition) is 1. The summed E-state index contributed by atoms with van der Waals surface area (Å²) in [7, 11) is 0. The highest BCUT2D eigenvalue weighted by molar-refractivity contribution is 9.10. The third-order valence-electron chi connectivity index (χ3n) is 3.70. The molecule has 0 saturated carbocycles. The lowest BCUT2D eigenvalue weighted by atomic mass is 10.2. The fourth-order valence-corrected chi connectivity index (χ4v) is 3.63. The van der Waals surface area contributed by atoms with E-state index in [2.05, 4.69) is 25.9 Å². The molecule has 0 radical (unpaired) electrons. The van der Waals surface area contributed by atoms with E-state index in [0.29, 0.717) is 23.8 Å². The zero-order valence-electron chi connectivity index (χ0n) is 14.1. The van der Waals surface area contributed by atoms with E-state index in [1.807, 2.05) is 48.5 Å². The van der Waals surface area contributed by atoms with Gasteiger partial charge in [-0.1, -0.05) is 39.8 Å². The van der Waals surface area contributed by atoms with Crippen molar-refractivity contribution in [3.8, 4) is 0 Å². The molecule has 0 atom stereocenters. The number of carbonyl (C=O) groups excluding carboxylic acids is 1. The zero-order chi connectivity index (χ0) is 18.5. The Morgan fingerprint density at radius 1 is 1.19 bits per heavy atom. The van der Waals surface area contributed by atoms with Crippen molar-refractivity contribution in [3.63, 3.8) is 0 Å². The number of nitrogens with zero attached hydrogens (tertiary/aromatic N) is 3. The van der Waals surface area contributed by atoms with Gasteiger partial charge < -0.3 is 10.6 Å². The van der Waals surface area contributed by atoms with Crippen molar-refractivity contribution in [1.82, 2.24) is 9.97 Å². The second kappa shape index (κ2) is 8.33. The van der Waals surface area contributed by atoms with Crippen molar-refractivity contribution in [1.29, 1.82) is 0 Å². The fourth-order valence-electron chi connectivity index (χ4n) is 2.41. The second-order valence-corrected chi connectivity index (χ2v) is 7.62. The van der Waals surface area contributed by atoms with E-state index < -0.39 is 0 Å². The lowest BCUT2D eigenvalue weighted by Crippen LogP contribution is -2.22. The van der Waals surface area contributed by atoms with Crippen LogP contribution in [0.25, 0.3) is 0 Å². The predicted molar refractivity (Wildman–Crippen MR) is 108 cm³/mol. The third kappa shape index (κ3) is 4.42. The first-order chi connectivity index (χ1) is 12.6. The van der Waals surface area contributed by atoms with Crippen molar-refractivity contribution in [3.05, 3.63) is 70.6 Å². The van der Waals surface area contributed by atoms with Crippen molar-refractivity contribution >= 4 is 45.6 Å². The normalized spacial score (nSPS) is 10.5. The van der Waals surface area contributed by atoms with Gasteiger partial charge >= 0.3 is 0 Å². The summed E-state index contributed by atoms with van der Waals surface area (Å²) in [6.07, 6.45) is 2.47. The lowest BCUT2D eigenvalue weighted by molar-refractivity contribution is -0.107. The van der Waals surface area contributed by atoms with Gasteiger partial charge in [-0.15, -0.1) is 0 Å². The number of benzene rings is 2. The molecule has 0 bridgehead atoms. The van der Waals surface area contributed by atoms with Gasteiger partial charge in [0.15, 0.2) is 0 Å². The lowest BCUT2D eigenvalue weighted by Gasteiger charge is -2.21. The predicted octanol–water partition coefficient (Wildman–Crippen LogP) is 4.44. The summed E-state index contributed by atoms with van der Waals surface area (Å²) in [5.41, 5.74) is 7.50. The van der Waals surface area contributed by atoms with Crippen LogP contribution in [-0.4, -0.2) is 16.4 Å². The highest BCUT2D eigenvalue weighted by Gasteiger charge is 2.14. The van der Waals surface area contributed by atoms with E-state index in [1.165, 1.54) is 0 Å². The van der Waals surface area contributed by atoms with Gasteiger partial charge in [-0.05, 0) is 43.3 Å². The number of nitrogen functional groups attached to an aromatic ring is 1. The van der Waals surface area contributed by atoms with Gasteiger partial charge in [-0.2, -0.15) is 0 Å². The van der Waals surface area contributed by atoms with Crippen LogP contribution in [0, 0.1) is 6.92 Å². The molecule has 0 aliphatic rings.